The fourth-order valence-electron chi connectivity index (χ4n) is 3.37. The van der Waals surface area contributed by atoms with E-state index in [9.17, 15) is 14.7 Å². The number of hydrogen-bond donors (Lipinski definition) is 2. The minimum atomic E-state index is -0.939. The van der Waals surface area contributed by atoms with Gasteiger partial charge in [0.2, 0.25) is 5.75 Å². The molecule has 0 saturated carbocycles. The number of nitrogens with zero attached hydrogens (tertiary/aromatic N) is 3. The number of para-hydroxylation sites is 2. The largest absolute Gasteiger partial charge is 0.501 e. The molecule has 0 saturated heterocycles. The number of halogens is 2. The third-order valence-electron chi connectivity index (χ3n) is 5.15. The fourth-order valence-corrected chi connectivity index (χ4v) is 3.86. The van der Waals surface area contributed by atoms with Gasteiger partial charge in [-0.25, -0.2) is 4.79 Å². The van der Waals surface area contributed by atoms with Gasteiger partial charge in [0.05, 0.1) is 5.69 Å². The van der Waals surface area contributed by atoms with Gasteiger partial charge in [-0.05, 0) is 53.2 Å². The summed E-state index contributed by atoms with van der Waals surface area (Å²) in [5, 5.41) is 14.9. The van der Waals surface area contributed by atoms with Crippen molar-refractivity contribution in [1.82, 2.24) is 14.8 Å². The SMILES string of the molecule is CC(C#[N+]c1ccccc1O)(c1ccc(Cl)cc1)c1ccc(-n2ncc(=O)[nH]c2=O)cc1Cl. The Morgan fingerprint density at radius 1 is 1.06 bits per heavy atom. The molecule has 4 rings (SSSR count). The van der Waals surface area contributed by atoms with Gasteiger partial charge in [0.1, 0.15) is 6.20 Å². The zero-order chi connectivity index (χ0) is 23.6. The highest BCUT2D eigenvalue weighted by Gasteiger charge is 2.36. The molecule has 1 unspecified atom stereocenters. The maximum absolute atomic E-state index is 12.1. The standard InChI is InChI=1S/C24H16Cl2N4O3/c1-24(15-6-8-16(25)9-7-15,14-27-20-4-2-3-5-21(20)31)18-11-10-17(12-19(18)26)30-23(33)29-22(32)13-28-30/h2-13H,1H3,(H-,29,31,32,33)/p+1. The van der Waals surface area contributed by atoms with Crippen LogP contribution in [-0.2, 0) is 5.41 Å². The quantitative estimate of drug-likeness (QED) is 0.436. The average molecular weight is 480 g/mol. The number of phenols is 1. The second kappa shape index (κ2) is 8.94. The fraction of sp³-hybridized carbons (Fsp3) is 0.0833. The van der Waals surface area contributed by atoms with Crippen LogP contribution in [-0.4, -0.2) is 19.9 Å². The molecular formula is C24H17Cl2N4O3+. The van der Waals surface area contributed by atoms with Gasteiger partial charge in [-0.15, -0.1) is 0 Å². The first-order valence-electron chi connectivity index (χ1n) is 9.79. The Morgan fingerprint density at radius 2 is 1.79 bits per heavy atom. The molecule has 0 bridgehead atoms. The molecule has 0 spiro atoms. The summed E-state index contributed by atoms with van der Waals surface area (Å²) < 4.78 is 1.04. The van der Waals surface area contributed by atoms with E-state index in [0.717, 1.165) is 16.4 Å². The van der Waals surface area contributed by atoms with Gasteiger partial charge in [0.25, 0.3) is 11.6 Å². The van der Waals surface area contributed by atoms with Crippen molar-refractivity contribution in [2.75, 3.05) is 0 Å². The number of rotatable bonds is 3. The number of H-pyrrole nitrogens is 1. The molecule has 9 heteroatoms. The van der Waals surface area contributed by atoms with Crippen molar-refractivity contribution in [1.29, 1.82) is 0 Å². The van der Waals surface area contributed by atoms with Gasteiger partial charge < -0.3 is 5.11 Å². The Balaban J connectivity index is 1.88. The summed E-state index contributed by atoms with van der Waals surface area (Å²) >= 11 is 12.7. The summed E-state index contributed by atoms with van der Waals surface area (Å²) in [5.74, 6) is 0.0217. The van der Waals surface area contributed by atoms with E-state index in [1.165, 1.54) is 6.07 Å². The normalized spacial score (nSPS) is 12.5. The Morgan fingerprint density at radius 3 is 2.45 bits per heavy atom. The van der Waals surface area contributed by atoms with Crippen molar-refractivity contribution in [3.05, 3.63) is 120 Å². The second-order valence-corrected chi connectivity index (χ2v) is 8.20. The minimum absolute atomic E-state index is 0.0217. The first-order valence-corrected chi connectivity index (χ1v) is 10.5. The highest BCUT2D eigenvalue weighted by molar-refractivity contribution is 6.32. The number of aromatic amines is 1. The van der Waals surface area contributed by atoms with Gasteiger partial charge >= 0.3 is 11.4 Å². The molecule has 0 aliphatic rings. The van der Waals surface area contributed by atoms with Crippen LogP contribution in [0.3, 0.4) is 0 Å². The molecule has 1 heterocycles. The van der Waals surface area contributed by atoms with Gasteiger partial charge in [-0.1, -0.05) is 53.5 Å². The average Bonchev–Trinajstić information content (AvgIpc) is 2.79. The van der Waals surface area contributed by atoms with Crippen LogP contribution in [0.4, 0.5) is 5.69 Å². The Labute approximate surface area is 198 Å². The third kappa shape index (κ3) is 4.53. The number of aromatic hydroxyl groups is 1. The van der Waals surface area contributed by atoms with E-state index in [0.29, 0.717) is 27.0 Å². The predicted molar refractivity (Wildman–Crippen MR) is 128 cm³/mol. The molecule has 0 fully saturated rings. The van der Waals surface area contributed by atoms with E-state index in [-0.39, 0.29) is 5.75 Å². The van der Waals surface area contributed by atoms with Crippen molar-refractivity contribution in [2.24, 2.45) is 0 Å². The van der Waals surface area contributed by atoms with Gasteiger partial charge in [-0.2, -0.15) is 9.78 Å². The zero-order valence-corrected chi connectivity index (χ0v) is 18.8. The van der Waals surface area contributed by atoms with Crippen molar-refractivity contribution in [2.45, 2.75) is 12.3 Å². The summed E-state index contributed by atoms with van der Waals surface area (Å²) in [6, 6.07) is 22.0. The molecule has 0 amide bonds. The molecule has 3 aromatic carbocycles. The van der Waals surface area contributed by atoms with Crippen LogP contribution in [0.15, 0.2) is 82.5 Å². The molecule has 1 atom stereocenters. The van der Waals surface area contributed by atoms with E-state index < -0.39 is 16.7 Å². The lowest BCUT2D eigenvalue weighted by Crippen LogP contribution is -2.30. The Bertz CT molecular complexity index is 1520. The maximum Gasteiger partial charge on any atom is 0.381 e. The number of aromatic nitrogens is 3. The van der Waals surface area contributed by atoms with Crippen LogP contribution in [0, 0.1) is 6.07 Å². The summed E-state index contributed by atoms with van der Waals surface area (Å²) in [7, 11) is 0. The lowest BCUT2D eigenvalue weighted by molar-refractivity contribution is 0.478. The molecule has 4 aromatic rings. The Kier molecular flexibility index (Phi) is 6.05. The highest BCUT2D eigenvalue weighted by atomic mass is 35.5. The maximum atomic E-state index is 12.1. The van der Waals surface area contributed by atoms with E-state index in [2.05, 4.69) is 21.0 Å². The third-order valence-corrected chi connectivity index (χ3v) is 5.72. The Hall–Kier alpha value is -3.86. The van der Waals surface area contributed by atoms with Crippen molar-refractivity contribution in [3.63, 3.8) is 0 Å². The lowest BCUT2D eigenvalue weighted by atomic mass is 9.77. The summed E-state index contributed by atoms with van der Waals surface area (Å²) in [5.41, 5.74) is -0.0301. The van der Waals surface area contributed by atoms with Gasteiger partial charge in [-0.3, -0.25) is 9.78 Å². The van der Waals surface area contributed by atoms with Crippen LogP contribution in [0.5, 0.6) is 5.75 Å². The van der Waals surface area contributed by atoms with Crippen LogP contribution < -0.4 is 11.2 Å². The van der Waals surface area contributed by atoms with Crippen molar-refractivity contribution in [3.8, 4) is 17.5 Å². The summed E-state index contributed by atoms with van der Waals surface area (Å²) in [4.78, 5) is 30.0. The first kappa shape index (κ1) is 22.3. The molecule has 7 nitrogen and oxygen atoms in total. The number of benzene rings is 3. The lowest BCUT2D eigenvalue weighted by Gasteiger charge is -2.22. The van der Waals surface area contributed by atoms with E-state index in [1.54, 1.807) is 48.5 Å². The second-order valence-electron chi connectivity index (χ2n) is 7.36. The molecule has 164 valence electrons. The van der Waals surface area contributed by atoms with Gasteiger partial charge in [0, 0.05) is 16.1 Å². The highest BCUT2D eigenvalue weighted by Crippen LogP contribution is 2.38. The molecular weight excluding hydrogens is 463 g/mol. The molecule has 0 radical (unpaired) electrons. The molecule has 0 aliphatic heterocycles. The van der Waals surface area contributed by atoms with Crippen LogP contribution in [0.25, 0.3) is 10.5 Å². The van der Waals surface area contributed by atoms with Crippen molar-refractivity contribution < 1.29 is 5.11 Å². The molecule has 2 N–H and O–H groups in total. The van der Waals surface area contributed by atoms with E-state index >= 15 is 0 Å². The van der Waals surface area contributed by atoms with Crippen LogP contribution in [0.1, 0.15) is 18.1 Å². The van der Waals surface area contributed by atoms with Crippen LogP contribution in [0.2, 0.25) is 10.0 Å². The summed E-state index contributed by atoms with van der Waals surface area (Å²) in [6.07, 6.45) is 1.01. The topological polar surface area (TPSA) is 92.3 Å². The first-order chi connectivity index (χ1) is 15.8. The van der Waals surface area contributed by atoms with Crippen LogP contribution >= 0.6 is 23.2 Å². The van der Waals surface area contributed by atoms with Gasteiger partial charge in [0.15, 0.2) is 5.41 Å². The smallest absolute Gasteiger partial charge is 0.381 e. The molecule has 1 aromatic heterocycles. The minimum Gasteiger partial charge on any atom is -0.501 e. The summed E-state index contributed by atoms with van der Waals surface area (Å²) in [6.45, 7) is 1.88. The number of phenolic OH excluding ortho intramolecular Hbond substituents is 1. The number of nitrogens with one attached hydrogen (secondary N) is 1. The number of hydrogen-bond acceptors (Lipinski definition) is 4. The molecule has 0 aliphatic carbocycles. The van der Waals surface area contributed by atoms with E-state index in [4.69, 9.17) is 23.2 Å². The zero-order valence-electron chi connectivity index (χ0n) is 17.3. The van der Waals surface area contributed by atoms with Crippen molar-refractivity contribution >= 4 is 28.9 Å². The molecule has 33 heavy (non-hydrogen) atoms. The van der Waals surface area contributed by atoms with E-state index in [1.807, 2.05) is 19.1 Å². The predicted octanol–water partition coefficient (Wildman–Crippen LogP) is 4.90. The monoisotopic (exact) mass is 479 g/mol.